The first-order valence-electron chi connectivity index (χ1n) is 10.2. The maximum Gasteiger partial charge on any atom is 0.264 e. The normalized spacial score (nSPS) is 17.5. The van der Waals surface area contributed by atoms with Gasteiger partial charge in [-0.2, -0.15) is 5.06 Å². The molecule has 0 saturated carbocycles. The van der Waals surface area contributed by atoms with Crippen LogP contribution in [0.25, 0.3) is 0 Å². The highest BCUT2D eigenvalue weighted by Crippen LogP contribution is 2.21. The van der Waals surface area contributed by atoms with Crippen LogP contribution in [0.15, 0.2) is 0 Å². The van der Waals surface area contributed by atoms with E-state index >= 15 is 0 Å². The molecular formula is C20H35NO4. The average molecular weight is 354 g/mol. The zero-order valence-electron chi connectivity index (χ0n) is 15.8. The lowest BCUT2D eigenvalue weighted by Gasteiger charge is -2.06. The Morgan fingerprint density at radius 1 is 0.880 bits per heavy atom. The summed E-state index contributed by atoms with van der Waals surface area (Å²) < 4.78 is 0. The molecule has 1 heterocycles. The first kappa shape index (κ1) is 21.8. The fourth-order valence-electron chi connectivity index (χ4n) is 3.36. The Bertz CT molecular complexity index is 422. The molecule has 0 aliphatic carbocycles. The first-order chi connectivity index (χ1) is 12.1. The van der Waals surface area contributed by atoms with Crippen molar-refractivity contribution < 1.29 is 19.6 Å². The Labute approximate surface area is 152 Å². The van der Waals surface area contributed by atoms with Gasteiger partial charge in [0.1, 0.15) is 11.7 Å². The third kappa shape index (κ3) is 8.61. The van der Waals surface area contributed by atoms with Gasteiger partial charge >= 0.3 is 0 Å². The predicted molar refractivity (Wildman–Crippen MR) is 97.1 cm³/mol. The van der Waals surface area contributed by atoms with Crippen LogP contribution >= 0.6 is 0 Å². The number of carbonyl (C=O) groups excluding carboxylic acids is 3. The van der Waals surface area contributed by atoms with Gasteiger partial charge in [-0.15, -0.1) is 0 Å². The molecule has 1 unspecified atom stereocenters. The summed E-state index contributed by atoms with van der Waals surface area (Å²) in [5.41, 5.74) is 0. The van der Waals surface area contributed by atoms with Gasteiger partial charge in [0.2, 0.25) is 0 Å². The number of carbonyl (C=O) groups is 3. The molecule has 25 heavy (non-hydrogen) atoms. The number of ketones is 1. The Kier molecular flexibility index (Phi) is 11.4. The Balaban J connectivity index is 1.90. The van der Waals surface area contributed by atoms with E-state index in [9.17, 15) is 14.4 Å². The first-order valence-corrected chi connectivity index (χ1v) is 10.2. The molecule has 1 fully saturated rings. The molecule has 144 valence electrons. The van der Waals surface area contributed by atoms with Gasteiger partial charge in [0.15, 0.2) is 0 Å². The molecule has 5 nitrogen and oxygen atoms in total. The number of imide groups is 1. The van der Waals surface area contributed by atoms with Crippen LogP contribution in [0.1, 0.15) is 103 Å². The minimum absolute atomic E-state index is 0.0897. The van der Waals surface area contributed by atoms with Gasteiger partial charge in [-0.05, 0) is 6.42 Å². The standard InChI is InChI=1S/C20H35NO4/c1-2-3-4-5-6-7-8-9-10-11-12-13-14-15-18(22)17-16-19(23)21(25)20(17)24/h17,25H,2-16H2,1H3. The molecule has 1 atom stereocenters. The summed E-state index contributed by atoms with van der Waals surface area (Å²) in [6.07, 6.45) is 16.3. The van der Waals surface area contributed by atoms with E-state index in [1.54, 1.807) is 0 Å². The van der Waals surface area contributed by atoms with Gasteiger partial charge in [-0.1, -0.05) is 84.0 Å². The number of Topliss-reactive ketones (excluding diaryl/α,β-unsaturated/α-hetero) is 1. The zero-order chi connectivity index (χ0) is 18.5. The molecule has 1 rings (SSSR count). The van der Waals surface area contributed by atoms with Gasteiger partial charge in [0.25, 0.3) is 11.8 Å². The number of amides is 2. The molecule has 1 saturated heterocycles. The van der Waals surface area contributed by atoms with Crippen molar-refractivity contribution in [2.45, 2.75) is 103 Å². The summed E-state index contributed by atoms with van der Waals surface area (Å²) in [5.74, 6) is -2.59. The van der Waals surface area contributed by atoms with E-state index in [-0.39, 0.29) is 17.3 Å². The highest BCUT2D eigenvalue weighted by Gasteiger charge is 2.41. The predicted octanol–water partition coefficient (Wildman–Crippen LogP) is 4.80. The Hall–Kier alpha value is -1.23. The summed E-state index contributed by atoms with van der Waals surface area (Å²) in [5, 5.41) is 9.24. The van der Waals surface area contributed by atoms with Crippen LogP contribution in [0.2, 0.25) is 0 Å². The molecule has 0 spiro atoms. The number of hydrogen-bond donors (Lipinski definition) is 1. The summed E-state index contributed by atoms with van der Waals surface area (Å²) in [7, 11) is 0. The molecule has 2 amide bonds. The minimum atomic E-state index is -0.949. The van der Waals surface area contributed by atoms with Crippen molar-refractivity contribution in [3.63, 3.8) is 0 Å². The van der Waals surface area contributed by atoms with E-state index in [1.165, 1.54) is 64.2 Å². The quantitative estimate of drug-likeness (QED) is 0.199. The van der Waals surface area contributed by atoms with Crippen molar-refractivity contribution in [2.75, 3.05) is 0 Å². The molecule has 0 bridgehead atoms. The van der Waals surface area contributed by atoms with E-state index in [1.807, 2.05) is 0 Å². The van der Waals surface area contributed by atoms with Crippen LogP contribution in [-0.4, -0.2) is 27.9 Å². The molecular weight excluding hydrogens is 318 g/mol. The molecule has 0 aromatic carbocycles. The number of unbranched alkanes of at least 4 members (excludes halogenated alkanes) is 12. The molecule has 0 aromatic rings. The van der Waals surface area contributed by atoms with Gasteiger partial charge in [0.05, 0.1) is 0 Å². The third-order valence-electron chi connectivity index (χ3n) is 5.04. The topological polar surface area (TPSA) is 74.7 Å². The van der Waals surface area contributed by atoms with Crippen LogP contribution in [0.3, 0.4) is 0 Å². The lowest BCUT2D eigenvalue weighted by atomic mass is 9.97. The third-order valence-corrected chi connectivity index (χ3v) is 5.04. The van der Waals surface area contributed by atoms with Crippen molar-refractivity contribution in [1.29, 1.82) is 0 Å². The van der Waals surface area contributed by atoms with Crippen molar-refractivity contribution in [2.24, 2.45) is 5.92 Å². The van der Waals surface area contributed by atoms with Gasteiger partial charge in [-0.3, -0.25) is 19.6 Å². The van der Waals surface area contributed by atoms with Crippen LogP contribution in [0.5, 0.6) is 0 Å². The SMILES string of the molecule is CCCCCCCCCCCCCCCC(=O)C1CC(=O)N(O)C1=O. The Morgan fingerprint density at radius 2 is 1.32 bits per heavy atom. The van der Waals surface area contributed by atoms with Crippen molar-refractivity contribution in [1.82, 2.24) is 5.06 Å². The van der Waals surface area contributed by atoms with E-state index in [0.29, 0.717) is 6.42 Å². The zero-order valence-corrected chi connectivity index (χ0v) is 15.8. The number of nitrogens with zero attached hydrogens (tertiary/aromatic N) is 1. The molecule has 1 aliphatic rings. The maximum atomic E-state index is 11.9. The second-order valence-corrected chi connectivity index (χ2v) is 7.26. The summed E-state index contributed by atoms with van der Waals surface area (Å²) in [4.78, 5) is 34.7. The molecule has 0 aromatic heterocycles. The highest BCUT2D eigenvalue weighted by molar-refractivity contribution is 6.13. The number of hydrogen-bond acceptors (Lipinski definition) is 4. The van der Waals surface area contributed by atoms with Gasteiger partial charge < -0.3 is 0 Å². The maximum absolute atomic E-state index is 11.9. The van der Waals surface area contributed by atoms with E-state index in [4.69, 9.17) is 5.21 Å². The Morgan fingerprint density at radius 3 is 1.72 bits per heavy atom. The lowest BCUT2D eigenvalue weighted by Crippen LogP contribution is -2.29. The van der Waals surface area contributed by atoms with Crippen LogP contribution < -0.4 is 0 Å². The highest BCUT2D eigenvalue weighted by atomic mass is 16.5. The van der Waals surface area contributed by atoms with Gasteiger partial charge in [-0.25, -0.2) is 0 Å². The largest absolute Gasteiger partial charge is 0.299 e. The second kappa shape index (κ2) is 13.0. The van der Waals surface area contributed by atoms with E-state index in [0.717, 1.165) is 19.3 Å². The lowest BCUT2D eigenvalue weighted by molar-refractivity contribution is -0.172. The number of rotatable bonds is 15. The fourth-order valence-corrected chi connectivity index (χ4v) is 3.36. The van der Waals surface area contributed by atoms with Crippen molar-refractivity contribution in [3.8, 4) is 0 Å². The van der Waals surface area contributed by atoms with E-state index in [2.05, 4.69) is 6.92 Å². The average Bonchev–Trinajstić information content (AvgIpc) is 2.86. The van der Waals surface area contributed by atoms with Crippen LogP contribution in [0, 0.1) is 5.92 Å². The van der Waals surface area contributed by atoms with Crippen molar-refractivity contribution in [3.05, 3.63) is 0 Å². The smallest absolute Gasteiger partial charge is 0.264 e. The monoisotopic (exact) mass is 353 g/mol. The summed E-state index contributed by atoms with van der Waals surface area (Å²) in [6.45, 7) is 2.24. The van der Waals surface area contributed by atoms with Crippen molar-refractivity contribution >= 4 is 17.6 Å². The molecule has 0 radical (unpaired) electrons. The van der Waals surface area contributed by atoms with E-state index < -0.39 is 17.7 Å². The summed E-state index contributed by atoms with van der Waals surface area (Å²) in [6, 6.07) is 0. The fraction of sp³-hybridized carbons (Fsp3) is 0.850. The van der Waals surface area contributed by atoms with Gasteiger partial charge in [0, 0.05) is 12.8 Å². The van der Waals surface area contributed by atoms with Crippen LogP contribution in [-0.2, 0) is 14.4 Å². The molecule has 1 aliphatic heterocycles. The molecule has 5 heteroatoms. The summed E-state index contributed by atoms with van der Waals surface area (Å²) >= 11 is 0. The second-order valence-electron chi connectivity index (χ2n) is 7.26. The van der Waals surface area contributed by atoms with Crippen LogP contribution in [0.4, 0.5) is 0 Å². The minimum Gasteiger partial charge on any atom is -0.299 e. The molecule has 1 N–H and O–H groups in total. The number of hydroxylamine groups is 2.